The predicted octanol–water partition coefficient (Wildman–Crippen LogP) is 3.99. The summed E-state index contributed by atoms with van der Waals surface area (Å²) in [6.07, 6.45) is 0.837. The zero-order chi connectivity index (χ0) is 14.5. The molecule has 2 rings (SSSR count). The molecule has 2 aromatic rings. The van der Waals surface area contributed by atoms with Gasteiger partial charge in [0.25, 0.3) is 5.69 Å². The van der Waals surface area contributed by atoms with E-state index in [1.54, 1.807) is 13.1 Å². The number of hydrogen-bond donors (Lipinski definition) is 1. The summed E-state index contributed by atoms with van der Waals surface area (Å²) in [5.41, 5.74) is 1.70. The van der Waals surface area contributed by atoms with Gasteiger partial charge in [0.15, 0.2) is 0 Å². The molecule has 0 unspecified atom stereocenters. The first-order valence-corrected chi connectivity index (χ1v) is 6.37. The van der Waals surface area contributed by atoms with Crippen LogP contribution in [0.1, 0.15) is 12.5 Å². The molecule has 0 bridgehead atoms. The van der Waals surface area contributed by atoms with E-state index in [-0.39, 0.29) is 5.69 Å². The number of rotatable bonds is 5. The molecule has 0 heterocycles. The van der Waals surface area contributed by atoms with E-state index in [1.807, 2.05) is 31.2 Å². The van der Waals surface area contributed by atoms with Crippen LogP contribution in [0, 0.1) is 10.1 Å². The number of nitro benzene ring substituents is 1. The number of anilines is 1. The molecule has 20 heavy (non-hydrogen) atoms. The van der Waals surface area contributed by atoms with E-state index < -0.39 is 4.92 Å². The zero-order valence-corrected chi connectivity index (χ0v) is 11.4. The van der Waals surface area contributed by atoms with Crippen molar-refractivity contribution in [3.8, 4) is 11.5 Å². The Labute approximate surface area is 117 Å². The second-order valence-corrected chi connectivity index (χ2v) is 4.29. The third-order valence-electron chi connectivity index (χ3n) is 2.97. The van der Waals surface area contributed by atoms with Crippen LogP contribution in [0.4, 0.5) is 11.4 Å². The SMILES string of the molecule is CCc1ccccc1Oc1cc(NC)cc([N+](=O)[O-])c1. The molecule has 0 atom stereocenters. The van der Waals surface area contributed by atoms with E-state index >= 15 is 0 Å². The Morgan fingerprint density at radius 3 is 2.65 bits per heavy atom. The fraction of sp³-hybridized carbons (Fsp3) is 0.200. The summed E-state index contributed by atoms with van der Waals surface area (Å²) in [7, 11) is 1.71. The molecule has 0 aromatic heterocycles. The molecular formula is C15H16N2O3. The Morgan fingerprint density at radius 2 is 2.00 bits per heavy atom. The molecule has 0 fully saturated rings. The number of nitrogens with zero attached hydrogens (tertiary/aromatic N) is 1. The minimum atomic E-state index is -0.431. The zero-order valence-electron chi connectivity index (χ0n) is 11.4. The summed E-state index contributed by atoms with van der Waals surface area (Å²) < 4.78 is 5.79. The first-order chi connectivity index (χ1) is 9.63. The lowest BCUT2D eigenvalue weighted by molar-refractivity contribution is -0.384. The highest BCUT2D eigenvalue weighted by Crippen LogP contribution is 2.31. The van der Waals surface area contributed by atoms with Crippen LogP contribution < -0.4 is 10.1 Å². The van der Waals surface area contributed by atoms with Gasteiger partial charge in [0, 0.05) is 24.9 Å². The van der Waals surface area contributed by atoms with Crippen molar-refractivity contribution in [3.63, 3.8) is 0 Å². The van der Waals surface area contributed by atoms with Crippen LogP contribution in [0.2, 0.25) is 0 Å². The fourth-order valence-corrected chi connectivity index (χ4v) is 1.91. The van der Waals surface area contributed by atoms with Crippen molar-refractivity contribution < 1.29 is 9.66 Å². The van der Waals surface area contributed by atoms with Crippen molar-refractivity contribution in [3.05, 3.63) is 58.1 Å². The Kier molecular flexibility index (Phi) is 4.20. The van der Waals surface area contributed by atoms with Crippen LogP contribution >= 0.6 is 0 Å². The van der Waals surface area contributed by atoms with Gasteiger partial charge in [-0.3, -0.25) is 10.1 Å². The molecule has 104 valence electrons. The predicted molar refractivity (Wildman–Crippen MR) is 78.5 cm³/mol. The average Bonchev–Trinajstić information content (AvgIpc) is 2.47. The summed E-state index contributed by atoms with van der Waals surface area (Å²) in [5, 5.41) is 13.8. The summed E-state index contributed by atoms with van der Waals surface area (Å²) in [6, 6.07) is 12.3. The summed E-state index contributed by atoms with van der Waals surface area (Å²) in [5.74, 6) is 1.17. The lowest BCUT2D eigenvalue weighted by Crippen LogP contribution is -1.95. The van der Waals surface area contributed by atoms with E-state index in [0.29, 0.717) is 11.4 Å². The number of nitro groups is 1. The first-order valence-electron chi connectivity index (χ1n) is 6.37. The van der Waals surface area contributed by atoms with E-state index in [2.05, 4.69) is 5.32 Å². The van der Waals surface area contributed by atoms with Gasteiger partial charge in [-0.1, -0.05) is 25.1 Å². The second kappa shape index (κ2) is 6.06. The van der Waals surface area contributed by atoms with E-state index in [4.69, 9.17) is 4.74 Å². The van der Waals surface area contributed by atoms with Crippen LogP contribution in [0.25, 0.3) is 0 Å². The smallest absolute Gasteiger partial charge is 0.275 e. The number of nitrogens with one attached hydrogen (secondary N) is 1. The fourth-order valence-electron chi connectivity index (χ4n) is 1.91. The maximum Gasteiger partial charge on any atom is 0.275 e. The van der Waals surface area contributed by atoms with Crippen LogP contribution in [0.3, 0.4) is 0 Å². The summed E-state index contributed by atoms with van der Waals surface area (Å²) >= 11 is 0. The van der Waals surface area contributed by atoms with Crippen LogP contribution in [-0.2, 0) is 6.42 Å². The average molecular weight is 272 g/mol. The van der Waals surface area contributed by atoms with E-state index in [1.165, 1.54) is 12.1 Å². The molecule has 1 N–H and O–H groups in total. The molecule has 0 saturated heterocycles. The first kappa shape index (κ1) is 13.9. The number of hydrogen-bond acceptors (Lipinski definition) is 4. The lowest BCUT2D eigenvalue weighted by atomic mass is 10.1. The maximum atomic E-state index is 10.9. The molecule has 0 aliphatic carbocycles. The van der Waals surface area contributed by atoms with E-state index in [9.17, 15) is 10.1 Å². The van der Waals surface area contributed by atoms with Crippen LogP contribution in [0.5, 0.6) is 11.5 Å². The summed E-state index contributed by atoms with van der Waals surface area (Å²) in [6.45, 7) is 2.04. The lowest BCUT2D eigenvalue weighted by Gasteiger charge is -2.11. The number of ether oxygens (including phenoxy) is 1. The largest absolute Gasteiger partial charge is 0.457 e. The molecule has 2 aromatic carbocycles. The highest BCUT2D eigenvalue weighted by Gasteiger charge is 2.11. The van der Waals surface area contributed by atoms with Crippen molar-refractivity contribution in [2.24, 2.45) is 0 Å². The number of benzene rings is 2. The van der Waals surface area contributed by atoms with Gasteiger partial charge in [-0.05, 0) is 18.1 Å². The normalized spacial score (nSPS) is 10.1. The van der Waals surface area contributed by atoms with E-state index in [0.717, 1.165) is 17.7 Å². The van der Waals surface area contributed by atoms with Crippen molar-refractivity contribution >= 4 is 11.4 Å². The highest BCUT2D eigenvalue weighted by atomic mass is 16.6. The van der Waals surface area contributed by atoms with Crippen LogP contribution in [-0.4, -0.2) is 12.0 Å². The van der Waals surface area contributed by atoms with Gasteiger partial charge in [-0.2, -0.15) is 0 Å². The number of non-ortho nitro benzene ring substituents is 1. The molecule has 0 radical (unpaired) electrons. The number of para-hydroxylation sites is 1. The third-order valence-corrected chi connectivity index (χ3v) is 2.97. The van der Waals surface area contributed by atoms with Crippen molar-refractivity contribution in [1.29, 1.82) is 0 Å². The number of aryl methyl sites for hydroxylation is 1. The summed E-state index contributed by atoms with van der Waals surface area (Å²) in [4.78, 5) is 10.5. The molecule has 0 amide bonds. The Morgan fingerprint density at radius 1 is 1.25 bits per heavy atom. The second-order valence-electron chi connectivity index (χ2n) is 4.29. The topological polar surface area (TPSA) is 64.4 Å². The third kappa shape index (κ3) is 3.06. The molecule has 0 saturated carbocycles. The monoisotopic (exact) mass is 272 g/mol. The van der Waals surface area contributed by atoms with Crippen molar-refractivity contribution in [2.45, 2.75) is 13.3 Å². The van der Waals surface area contributed by atoms with Gasteiger partial charge in [0.2, 0.25) is 0 Å². The molecule has 0 aliphatic heterocycles. The Hall–Kier alpha value is -2.56. The van der Waals surface area contributed by atoms with Crippen LogP contribution in [0.15, 0.2) is 42.5 Å². The van der Waals surface area contributed by atoms with Crippen molar-refractivity contribution in [2.75, 3.05) is 12.4 Å². The Balaban J connectivity index is 2.37. The molecule has 5 nitrogen and oxygen atoms in total. The van der Waals surface area contributed by atoms with Gasteiger partial charge in [0.1, 0.15) is 11.5 Å². The molecule has 0 spiro atoms. The van der Waals surface area contributed by atoms with Gasteiger partial charge in [-0.25, -0.2) is 0 Å². The molecule has 0 aliphatic rings. The minimum Gasteiger partial charge on any atom is -0.457 e. The maximum absolute atomic E-state index is 10.9. The molecule has 5 heteroatoms. The minimum absolute atomic E-state index is 0.000768. The standard InChI is InChI=1S/C15H16N2O3/c1-3-11-6-4-5-7-15(11)20-14-9-12(16-2)8-13(10-14)17(18)19/h4-10,16H,3H2,1-2H3. The highest BCUT2D eigenvalue weighted by molar-refractivity contribution is 5.57. The quantitative estimate of drug-likeness (QED) is 0.660. The van der Waals surface area contributed by atoms with Gasteiger partial charge in [0.05, 0.1) is 11.0 Å². The van der Waals surface area contributed by atoms with Gasteiger partial charge in [-0.15, -0.1) is 0 Å². The Bertz CT molecular complexity index is 626. The van der Waals surface area contributed by atoms with Gasteiger partial charge < -0.3 is 10.1 Å². The molecular weight excluding hydrogens is 256 g/mol. The van der Waals surface area contributed by atoms with Crippen molar-refractivity contribution in [1.82, 2.24) is 0 Å². The van der Waals surface area contributed by atoms with Gasteiger partial charge >= 0.3 is 0 Å².